The maximum absolute atomic E-state index is 14.6. The van der Waals surface area contributed by atoms with Crippen LogP contribution >= 0.6 is 0 Å². The maximum atomic E-state index is 14.6. The molecule has 1 unspecified atom stereocenters. The summed E-state index contributed by atoms with van der Waals surface area (Å²) in [6.07, 6.45) is -12.8. The SMILES string of the molecule is Cc1c(F)c(=O)n(C2O[C@H](CO)[C@@H](O)[C@H]2O)c(=O)n1[C@@H]1O[C@H](CO)[C@@H](O)[C@H]1O. The minimum absolute atomic E-state index is 0.195. The van der Waals surface area contributed by atoms with Crippen molar-refractivity contribution in [2.45, 2.75) is 56.0 Å². The average Bonchev–Trinajstić information content (AvgIpc) is 3.11. The number of ether oxygens (including phenoxy) is 2. The zero-order chi connectivity index (χ0) is 20.9. The van der Waals surface area contributed by atoms with Gasteiger partial charge < -0.3 is 40.1 Å². The highest BCUT2D eigenvalue weighted by Crippen LogP contribution is 2.31. The van der Waals surface area contributed by atoms with E-state index in [0.717, 1.165) is 6.92 Å². The third kappa shape index (κ3) is 3.00. The number of aromatic nitrogens is 2. The molecule has 1 aromatic rings. The molecule has 12 nitrogen and oxygen atoms in total. The second kappa shape index (κ2) is 7.61. The Morgan fingerprint density at radius 1 is 0.857 bits per heavy atom. The first-order valence-electron chi connectivity index (χ1n) is 8.43. The van der Waals surface area contributed by atoms with Crippen molar-refractivity contribution in [2.24, 2.45) is 0 Å². The van der Waals surface area contributed by atoms with E-state index in [0.29, 0.717) is 4.57 Å². The van der Waals surface area contributed by atoms with Crippen LogP contribution in [0, 0.1) is 12.7 Å². The first kappa shape index (κ1) is 21.0. The van der Waals surface area contributed by atoms with Crippen molar-refractivity contribution in [1.29, 1.82) is 0 Å². The van der Waals surface area contributed by atoms with Crippen LogP contribution in [-0.4, -0.2) is 89.6 Å². The van der Waals surface area contributed by atoms with Crippen molar-refractivity contribution in [2.75, 3.05) is 13.2 Å². The summed E-state index contributed by atoms with van der Waals surface area (Å²) in [5.74, 6) is -1.42. The van der Waals surface area contributed by atoms with E-state index in [9.17, 15) is 39.5 Å². The molecule has 28 heavy (non-hydrogen) atoms. The van der Waals surface area contributed by atoms with Crippen LogP contribution in [-0.2, 0) is 9.47 Å². The van der Waals surface area contributed by atoms with E-state index in [4.69, 9.17) is 14.6 Å². The molecule has 0 aromatic carbocycles. The fourth-order valence-electron chi connectivity index (χ4n) is 3.42. The Morgan fingerprint density at radius 2 is 1.29 bits per heavy atom. The van der Waals surface area contributed by atoms with E-state index in [-0.39, 0.29) is 4.57 Å². The van der Waals surface area contributed by atoms with Gasteiger partial charge in [0.25, 0.3) is 5.56 Å². The normalized spacial score (nSPS) is 38.3. The summed E-state index contributed by atoms with van der Waals surface area (Å²) in [7, 11) is 0. The topological polar surface area (TPSA) is 184 Å². The highest BCUT2D eigenvalue weighted by molar-refractivity contribution is 5.08. The molecular weight excluding hydrogens is 387 g/mol. The predicted molar refractivity (Wildman–Crippen MR) is 85.7 cm³/mol. The van der Waals surface area contributed by atoms with Gasteiger partial charge in [-0.05, 0) is 6.92 Å². The Morgan fingerprint density at radius 3 is 1.68 bits per heavy atom. The van der Waals surface area contributed by atoms with Crippen molar-refractivity contribution >= 4 is 0 Å². The average molecular weight is 408 g/mol. The van der Waals surface area contributed by atoms with Crippen molar-refractivity contribution in [3.8, 4) is 0 Å². The third-order valence-electron chi connectivity index (χ3n) is 5.04. The molecule has 3 rings (SSSR count). The molecule has 0 amide bonds. The molecule has 8 atom stereocenters. The van der Waals surface area contributed by atoms with E-state index in [1.807, 2.05) is 0 Å². The van der Waals surface area contributed by atoms with E-state index in [1.165, 1.54) is 0 Å². The van der Waals surface area contributed by atoms with Crippen LogP contribution in [0.1, 0.15) is 18.1 Å². The van der Waals surface area contributed by atoms with Crippen LogP contribution in [0.2, 0.25) is 0 Å². The Kier molecular flexibility index (Phi) is 5.71. The fraction of sp³-hybridized carbons (Fsp3) is 0.733. The zero-order valence-electron chi connectivity index (χ0n) is 14.6. The summed E-state index contributed by atoms with van der Waals surface area (Å²) in [6, 6.07) is 0. The van der Waals surface area contributed by atoms with Gasteiger partial charge in [0, 0.05) is 0 Å². The van der Waals surface area contributed by atoms with E-state index in [2.05, 4.69) is 0 Å². The monoisotopic (exact) mass is 408 g/mol. The van der Waals surface area contributed by atoms with Gasteiger partial charge in [0.15, 0.2) is 12.5 Å². The predicted octanol–water partition coefficient (Wildman–Crippen LogP) is -4.32. The third-order valence-corrected chi connectivity index (χ3v) is 5.04. The molecule has 0 saturated carbocycles. The van der Waals surface area contributed by atoms with Gasteiger partial charge in [0.1, 0.15) is 36.6 Å². The molecule has 158 valence electrons. The molecule has 3 heterocycles. The smallest absolute Gasteiger partial charge is 0.335 e. The molecule has 0 bridgehead atoms. The molecule has 2 saturated heterocycles. The highest BCUT2D eigenvalue weighted by Gasteiger charge is 2.48. The zero-order valence-corrected chi connectivity index (χ0v) is 14.6. The number of rotatable bonds is 4. The summed E-state index contributed by atoms with van der Waals surface area (Å²) in [4.78, 5) is 25.2. The van der Waals surface area contributed by atoms with Gasteiger partial charge in [-0.25, -0.2) is 9.36 Å². The first-order valence-corrected chi connectivity index (χ1v) is 8.43. The molecule has 2 aliphatic heterocycles. The second-order valence-corrected chi connectivity index (χ2v) is 6.68. The van der Waals surface area contributed by atoms with Crippen molar-refractivity contribution < 1.29 is 44.5 Å². The molecule has 1 aromatic heterocycles. The van der Waals surface area contributed by atoms with Crippen LogP contribution in [0.15, 0.2) is 9.59 Å². The van der Waals surface area contributed by atoms with Crippen LogP contribution in [0.3, 0.4) is 0 Å². The summed E-state index contributed by atoms with van der Waals surface area (Å²) >= 11 is 0. The minimum atomic E-state index is -1.83. The summed E-state index contributed by atoms with van der Waals surface area (Å²) < 4.78 is 25.6. The summed E-state index contributed by atoms with van der Waals surface area (Å²) in [6.45, 7) is -0.366. The molecular formula is C15H21FN2O10. The lowest BCUT2D eigenvalue weighted by molar-refractivity contribution is -0.0701. The number of hydrogen-bond donors (Lipinski definition) is 6. The fourth-order valence-corrected chi connectivity index (χ4v) is 3.42. The van der Waals surface area contributed by atoms with Gasteiger partial charge in [-0.1, -0.05) is 0 Å². The van der Waals surface area contributed by atoms with Gasteiger partial charge in [0.2, 0.25) is 5.82 Å². The van der Waals surface area contributed by atoms with Crippen LogP contribution in [0.4, 0.5) is 4.39 Å². The van der Waals surface area contributed by atoms with Gasteiger partial charge in [0.05, 0.1) is 18.9 Å². The van der Waals surface area contributed by atoms with Crippen LogP contribution < -0.4 is 11.2 Å². The van der Waals surface area contributed by atoms with Crippen LogP contribution in [0.25, 0.3) is 0 Å². The molecule has 0 aliphatic carbocycles. The molecule has 2 fully saturated rings. The van der Waals surface area contributed by atoms with Crippen molar-refractivity contribution in [3.63, 3.8) is 0 Å². The van der Waals surface area contributed by atoms with E-state index in [1.54, 1.807) is 0 Å². The lowest BCUT2D eigenvalue weighted by Gasteiger charge is -2.24. The first-order chi connectivity index (χ1) is 13.1. The van der Waals surface area contributed by atoms with Gasteiger partial charge in [-0.2, -0.15) is 4.39 Å². The molecule has 0 radical (unpaired) electrons. The number of halogens is 1. The summed E-state index contributed by atoms with van der Waals surface area (Å²) in [5.41, 5.74) is -3.23. The lowest BCUT2D eigenvalue weighted by atomic mass is 10.1. The number of nitrogens with zero attached hydrogens (tertiary/aromatic N) is 2. The number of aliphatic hydroxyl groups excluding tert-OH is 6. The van der Waals surface area contributed by atoms with Crippen molar-refractivity contribution in [1.82, 2.24) is 9.13 Å². The van der Waals surface area contributed by atoms with Crippen molar-refractivity contribution in [3.05, 3.63) is 32.3 Å². The van der Waals surface area contributed by atoms with Gasteiger partial charge >= 0.3 is 5.69 Å². The number of hydrogen-bond acceptors (Lipinski definition) is 10. The quantitative estimate of drug-likeness (QED) is 0.285. The Hall–Kier alpha value is -1.71. The molecule has 6 N–H and O–H groups in total. The second-order valence-electron chi connectivity index (χ2n) is 6.68. The van der Waals surface area contributed by atoms with E-state index >= 15 is 0 Å². The standard InChI is InChI=1S/C15H21FN2O10/c1-4-7(16)12(25)18(14-11(24)9(22)6(3-20)28-14)15(26)17(4)13-10(23)8(21)5(2-19)27-13/h5-6,8-11,13-14,19-24H,2-3H2,1H3/t5-,6-,8-,9-,10-,11-,13-,14?/m1/s1. The molecule has 13 heteroatoms. The van der Waals surface area contributed by atoms with Crippen LogP contribution in [0.5, 0.6) is 0 Å². The molecule has 0 spiro atoms. The Bertz CT molecular complexity index is 856. The van der Waals surface area contributed by atoms with Gasteiger partial charge in [-0.15, -0.1) is 0 Å². The highest BCUT2D eigenvalue weighted by atomic mass is 19.1. The molecule has 2 aliphatic rings. The van der Waals surface area contributed by atoms with Gasteiger partial charge in [-0.3, -0.25) is 9.36 Å². The number of aliphatic hydroxyl groups is 6. The van der Waals surface area contributed by atoms with E-state index < -0.39 is 85.1 Å². The largest absolute Gasteiger partial charge is 0.394 e. The summed E-state index contributed by atoms with van der Waals surface area (Å²) in [5, 5.41) is 58.3. The lowest BCUT2D eigenvalue weighted by Crippen LogP contribution is -2.50. The maximum Gasteiger partial charge on any atom is 0.335 e. The Balaban J connectivity index is 2.15. The Labute approximate surface area is 156 Å². The minimum Gasteiger partial charge on any atom is -0.394 e.